The van der Waals surface area contributed by atoms with Gasteiger partial charge in [0, 0.05) is 6.08 Å². The van der Waals surface area contributed by atoms with Crippen LogP contribution < -0.4 is 5.32 Å². The molecule has 0 radical (unpaired) electrons. The van der Waals surface area contributed by atoms with E-state index in [0.717, 1.165) is 44.6 Å². The molecule has 1 aromatic carbocycles. The van der Waals surface area contributed by atoms with Crippen LogP contribution in [0, 0.1) is 0 Å². The molecule has 1 rings (SSSR count). The zero-order chi connectivity index (χ0) is 20.6. The molecule has 27 heavy (non-hydrogen) atoms. The predicted molar refractivity (Wildman–Crippen MR) is 86.1 cm³/mol. The summed E-state index contributed by atoms with van der Waals surface area (Å²) >= 11 is 0. The van der Waals surface area contributed by atoms with Crippen LogP contribution in [-0.2, 0) is 30.0 Å². The second-order valence-electron chi connectivity index (χ2n) is 5.27. The van der Waals surface area contributed by atoms with E-state index in [4.69, 9.17) is 0 Å². The van der Waals surface area contributed by atoms with Crippen molar-refractivity contribution in [2.24, 2.45) is 0 Å². The first-order valence-electron chi connectivity index (χ1n) is 7.58. The number of methoxy groups -OCH3 is 2. The average molecular weight is 389 g/mol. The van der Waals surface area contributed by atoms with Crippen molar-refractivity contribution in [3.63, 3.8) is 0 Å². The lowest BCUT2D eigenvalue weighted by Gasteiger charge is -2.18. The minimum absolute atomic E-state index is 0.0887. The highest BCUT2D eigenvalue weighted by molar-refractivity contribution is 5.88. The normalized spacial score (nSPS) is 13.7. The molecule has 2 N–H and O–H groups in total. The van der Waals surface area contributed by atoms with Crippen LogP contribution in [0.2, 0.25) is 0 Å². The summed E-state index contributed by atoms with van der Waals surface area (Å²) in [5, 5.41) is 12.2. The highest BCUT2D eigenvalue weighted by Gasteiger charge is 2.31. The van der Waals surface area contributed by atoms with Gasteiger partial charge in [0.2, 0.25) is 0 Å². The van der Waals surface area contributed by atoms with Gasteiger partial charge in [-0.2, -0.15) is 13.2 Å². The maximum atomic E-state index is 12.5. The second-order valence-corrected chi connectivity index (χ2v) is 5.27. The van der Waals surface area contributed by atoms with Crippen molar-refractivity contribution in [3.8, 4) is 0 Å². The van der Waals surface area contributed by atoms with Gasteiger partial charge in [0.25, 0.3) is 5.91 Å². The molecule has 0 fully saturated rings. The summed E-state index contributed by atoms with van der Waals surface area (Å²) in [6.45, 7) is 0. The Morgan fingerprint density at radius 3 is 2.22 bits per heavy atom. The van der Waals surface area contributed by atoms with Crippen LogP contribution in [-0.4, -0.2) is 43.2 Å². The maximum Gasteiger partial charge on any atom is 0.416 e. The molecule has 0 aliphatic carbocycles. The zero-order valence-electron chi connectivity index (χ0n) is 14.4. The molecule has 10 heteroatoms. The number of alkyl halides is 3. The number of carbonyl (C=O) groups excluding carboxylic acids is 3. The number of hydrogen-bond acceptors (Lipinski definition) is 6. The van der Waals surface area contributed by atoms with Gasteiger partial charge >= 0.3 is 18.1 Å². The summed E-state index contributed by atoms with van der Waals surface area (Å²) in [7, 11) is 2.24. The van der Waals surface area contributed by atoms with Crippen molar-refractivity contribution in [1.82, 2.24) is 5.32 Å². The molecule has 148 valence electrons. The molecule has 1 aromatic rings. The van der Waals surface area contributed by atoms with E-state index in [-0.39, 0.29) is 12.0 Å². The summed E-state index contributed by atoms with van der Waals surface area (Å²) < 4.78 is 46.5. The number of rotatable bonds is 7. The van der Waals surface area contributed by atoms with Gasteiger partial charge in [0.15, 0.2) is 6.10 Å². The number of hydrogen-bond donors (Lipinski definition) is 2. The number of aliphatic hydroxyl groups is 1. The fourth-order valence-corrected chi connectivity index (χ4v) is 1.98. The van der Waals surface area contributed by atoms with E-state index < -0.39 is 41.7 Å². The number of amides is 1. The SMILES string of the molecule is COC(=O)/C=C/C[C@H](NC(=O)[C@H](O)c1ccc(C(F)(F)F)cc1)C(=O)OC. The molecule has 0 aliphatic rings. The minimum Gasteiger partial charge on any atom is -0.467 e. The summed E-state index contributed by atoms with van der Waals surface area (Å²) in [4.78, 5) is 34.8. The molecule has 0 saturated carbocycles. The first-order valence-corrected chi connectivity index (χ1v) is 7.58. The third kappa shape index (κ3) is 6.74. The Bertz CT molecular complexity index is 700. The van der Waals surface area contributed by atoms with Crippen LogP contribution in [0.5, 0.6) is 0 Å². The molecule has 2 atom stereocenters. The van der Waals surface area contributed by atoms with Gasteiger partial charge < -0.3 is 19.9 Å². The Labute approximate surface area is 152 Å². The third-order valence-electron chi connectivity index (χ3n) is 3.43. The maximum absolute atomic E-state index is 12.5. The van der Waals surface area contributed by atoms with E-state index in [1.54, 1.807) is 0 Å². The van der Waals surface area contributed by atoms with E-state index >= 15 is 0 Å². The van der Waals surface area contributed by atoms with E-state index in [9.17, 15) is 32.7 Å². The second kappa shape index (κ2) is 9.72. The molecule has 0 aliphatic heterocycles. The van der Waals surface area contributed by atoms with Crippen LogP contribution in [0.25, 0.3) is 0 Å². The van der Waals surface area contributed by atoms with Gasteiger partial charge in [-0.25, -0.2) is 9.59 Å². The molecule has 7 nitrogen and oxygen atoms in total. The monoisotopic (exact) mass is 389 g/mol. The summed E-state index contributed by atoms with van der Waals surface area (Å²) in [5.41, 5.74) is -1.02. The van der Waals surface area contributed by atoms with Crippen LogP contribution in [0.15, 0.2) is 36.4 Å². The van der Waals surface area contributed by atoms with Gasteiger partial charge in [0.05, 0.1) is 19.8 Å². The molecule has 0 unspecified atom stereocenters. The van der Waals surface area contributed by atoms with Crippen molar-refractivity contribution in [1.29, 1.82) is 0 Å². The van der Waals surface area contributed by atoms with Crippen molar-refractivity contribution < 1.29 is 42.1 Å². The molecular formula is C17H18F3NO6. The molecule has 0 heterocycles. The highest BCUT2D eigenvalue weighted by atomic mass is 19.4. The lowest BCUT2D eigenvalue weighted by atomic mass is 10.1. The topological polar surface area (TPSA) is 102 Å². The summed E-state index contributed by atoms with van der Waals surface area (Å²) in [6, 6.07) is 2.15. The predicted octanol–water partition coefficient (Wildman–Crippen LogP) is 1.52. The summed E-state index contributed by atoms with van der Waals surface area (Å²) in [5.74, 6) is -2.52. The number of halogens is 3. The number of carbonyl (C=O) groups is 3. The summed E-state index contributed by atoms with van der Waals surface area (Å²) in [6.07, 6.45) is -4.18. The Morgan fingerprint density at radius 1 is 1.15 bits per heavy atom. The fourth-order valence-electron chi connectivity index (χ4n) is 1.98. The van der Waals surface area contributed by atoms with Gasteiger partial charge in [-0.1, -0.05) is 18.2 Å². The van der Waals surface area contributed by atoms with E-state index in [1.165, 1.54) is 6.08 Å². The van der Waals surface area contributed by atoms with Gasteiger partial charge in [0.1, 0.15) is 6.04 Å². The van der Waals surface area contributed by atoms with Crippen molar-refractivity contribution in [2.45, 2.75) is 24.7 Å². The molecule has 0 spiro atoms. The average Bonchev–Trinajstić information content (AvgIpc) is 2.64. The van der Waals surface area contributed by atoms with Crippen molar-refractivity contribution in [3.05, 3.63) is 47.5 Å². The van der Waals surface area contributed by atoms with Crippen LogP contribution in [0.1, 0.15) is 23.7 Å². The number of benzene rings is 1. The Balaban J connectivity index is 2.83. The van der Waals surface area contributed by atoms with Crippen LogP contribution in [0.4, 0.5) is 13.2 Å². The van der Waals surface area contributed by atoms with Crippen molar-refractivity contribution >= 4 is 17.8 Å². The number of nitrogens with one attached hydrogen (secondary N) is 1. The first kappa shape index (κ1) is 22.2. The number of ether oxygens (including phenoxy) is 2. The van der Waals surface area contributed by atoms with Crippen LogP contribution >= 0.6 is 0 Å². The molecule has 0 aromatic heterocycles. The fraction of sp³-hybridized carbons (Fsp3) is 0.353. The first-order chi connectivity index (χ1) is 12.6. The Kier molecular flexibility index (Phi) is 7.98. The zero-order valence-corrected chi connectivity index (χ0v) is 14.4. The Morgan fingerprint density at radius 2 is 1.74 bits per heavy atom. The highest BCUT2D eigenvalue weighted by Crippen LogP contribution is 2.29. The molecule has 0 bridgehead atoms. The number of aliphatic hydroxyl groups excluding tert-OH is 1. The van der Waals surface area contributed by atoms with Gasteiger partial charge in [-0.15, -0.1) is 0 Å². The Hall–Kier alpha value is -2.88. The van der Waals surface area contributed by atoms with Gasteiger partial charge in [-0.3, -0.25) is 4.79 Å². The molecular weight excluding hydrogens is 371 g/mol. The third-order valence-corrected chi connectivity index (χ3v) is 3.43. The smallest absolute Gasteiger partial charge is 0.416 e. The van der Waals surface area contributed by atoms with E-state index in [1.807, 2.05) is 0 Å². The quantitative estimate of drug-likeness (QED) is 0.542. The van der Waals surface area contributed by atoms with E-state index in [0.29, 0.717) is 0 Å². The number of esters is 2. The molecule has 1 amide bonds. The van der Waals surface area contributed by atoms with Gasteiger partial charge in [-0.05, 0) is 24.1 Å². The standard InChI is InChI=1S/C17H18F3NO6/c1-26-13(22)5-3-4-12(16(25)27-2)21-15(24)14(23)10-6-8-11(9-7-10)17(18,19)20/h3,5-9,12,14,23H,4H2,1-2H3,(H,21,24)/b5-3+/t12-,14+/m0/s1. The van der Waals surface area contributed by atoms with Crippen LogP contribution in [0.3, 0.4) is 0 Å². The lowest BCUT2D eigenvalue weighted by molar-refractivity contribution is -0.146. The van der Waals surface area contributed by atoms with Crippen molar-refractivity contribution in [2.75, 3.05) is 14.2 Å². The van der Waals surface area contributed by atoms with E-state index in [2.05, 4.69) is 14.8 Å². The lowest BCUT2D eigenvalue weighted by Crippen LogP contribution is -2.43. The molecule has 0 saturated heterocycles. The minimum atomic E-state index is -4.55. The largest absolute Gasteiger partial charge is 0.467 e.